The average Bonchev–Trinajstić information content (AvgIpc) is 2.48. The van der Waals surface area contributed by atoms with E-state index in [-0.39, 0.29) is 11.3 Å². The van der Waals surface area contributed by atoms with E-state index in [4.69, 9.17) is 9.47 Å². The molecule has 2 aliphatic heterocycles. The summed E-state index contributed by atoms with van der Waals surface area (Å²) in [7, 11) is -0.960. The number of benzene rings is 1. The summed E-state index contributed by atoms with van der Waals surface area (Å²) in [5, 5.41) is 3.72. The molecule has 0 fully saturated rings. The highest BCUT2D eigenvalue weighted by Crippen LogP contribution is 2.41. The largest absolute Gasteiger partial charge is 0.486 e. The zero-order chi connectivity index (χ0) is 14.1. The summed E-state index contributed by atoms with van der Waals surface area (Å²) in [6.45, 7) is 6.32. The van der Waals surface area contributed by atoms with Crippen LogP contribution in [0.15, 0.2) is 17.0 Å². The summed E-state index contributed by atoms with van der Waals surface area (Å²) < 4.78 is 23.8. The smallest absolute Gasteiger partial charge is 0.162 e. The molecule has 0 amide bonds. The van der Waals surface area contributed by atoms with Gasteiger partial charge in [0.25, 0.3) is 0 Å². The Morgan fingerprint density at radius 3 is 2.70 bits per heavy atom. The van der Waals surface area contributed by atoms with Gasteiger partial charge in [0.15, 0.2) is 11.5 Å². The molecule has 3 rings (SSSR count). The first-order valence-electron chi connectivity index (χ1n) is 7.28. The summed E-state index contributed by atoms with van der Waals surface area (Å²) in [6.07, 6.45) is 1.99. The van der Waals surface area contributed by atoms with Crippen LogP contribution in [0, 0.1) is 0 Å². The van der Waals surface area contributed by atoms with Gasteiger partial charge in [-0.2, -0.15) is 0 Å². The van der Waals surface area contributed by atoms with Crippen molar-refractivity contribution in [1.82, 2.24) is 5.32 Å². The van der Waals surface area contributed by atoms with Gasteiger partial charge in [0.1, 0.15) is 13.2 Å². The van der Waals surface area contributed by atoms with E-state index in [9.17, 15) is 4.21 Å². The Balaban J connectivity index is 2.01. The quantitative estimate of drug-likeness (QED) is 0.930. The predicted molar refractivity (Wildman–Crippen MR) is 79.0 cm³/mol. The minimum Gasteiger partial charge on any atom is -0.486 e. The van der Waals surface area contributed by atoms with Gasteiger partial charge in [-0.3, -0.25) is 4.21 Å². The zero-order valence-electron chi connectivity index (χ0n) is 12.0. The highest BCUT2D eigenvalue weighted by molar-refractivity contribution is 7.85. The van der Waals surface area contributed by atoms with Gasteiger partial charge in [0.05, 0.1) is 10.8 Å². The summed E-state index contributed by atoms with van der Waals surface area (Å²) in [6, 6.07) is 4.19. The van der Waals surface area contributed by atoms with Crippen LogP contribution in [0.1, 0.15) is 38.3 Å². The fraction of sp³-hybridized carbons (Fsp3) is 0.600. The summed E-state index contributed by atoms with van der Waals surface area (Å²) in [5.41, 5.74) is 1.11. The Labute approximate surface area is 122 Å². The van der Waals surface area contributed by atoms with E-state index in [0.717, 1.165) is 41.3 Å². The molecule has 0 aliphatic carbocycles. The number of hydrogen-bond acceptors (Lipinski definition) is 4. The Morgan fingerprint density at radius 2 is 2.00 bits per heavy atom. The SMILES string of the molecule is CCCNC1CC(C)S(=O)c2cc3c(cc21)OCCO3. The van der Waals surface area contributed by atoms with Crippen LogP contribution in [0.4, 0.5) is 0 Å². The van der Waals surface area contributed by atoms with E-state index in [1.165, 1.54) is 0 Å². The predicted octanol–water partition coefficient (Wildman–Crippen LogP) is 2.40. The van der Waals surface area contributed by atoms with Crippen LogP contribution >= 0.6 is 0 Å². The van der Waals surface area contributed by atoms with E-state index in [1.807, 2.05) is 12.1 Å². The van der Waals surface area contributed by atoms with Crippen molar-refractivity contribution < 1.29 is 13.7 Å². The van der Waals surface area contributed by atoms with Crippen molar-refractivity contribution in [2.75, 3.05) is 19.8 Å². The van der Waals surface area contributed by atoms with Gasteiger partial charge in [-0.1, -0.05) is 13.8 Å². The van der Waals surface area contributed by atoms with Crippen LogP contribution < -0.4 is 14.8 Å². The number of nitrogens with one attached hydrogen (secondary N) is 1. The molecule has 1 aromatic carbocycles. The van der Waals surface area contributed by atoms with Gasteiger partial charge in [0.2, 0.25) is 0 Å². The summed E-state index contributed by atoms with van der Waals surface area (Å²) >= 11 is 0. The van der Waals surface area contributed by atoms with Crippen molar-refractivity contribution in [2.24, 2.45) is 0 Å². The molecule has 3 unspecified atom stereocenters. The van der Waals surface area contributed by atoms with Crippen molar-refractivity contribution in [3.63, 3.8) is 0 Å². The molecule has 1 N–H and O–H groups in total. The monoisotopic (exact) mass is 295 g/mol. The highest BCUT2D eigenvalue weighted by atomic mass is 32.2. The second-order valence-electron chi connectivity index (χ2n) is 5.38. The lowest BCUT2D eigenvalue weighted by Gasteiger charge is -2.31. The molecule has 4 nitrogen and oxygen atoms in total. The third kappa shape index (κ3) is 2.44. The van der Waals surface area contributed by atoms with Crippen molar-refractivity contribution in [1.29, 1.82) is 0 Å². The molecule has 110 valence electrons. The van der Waals surface area contributed by atoms with Gasteiger partial charge >= 0.3 is 0 Å². The molecule has 2 heterocycles. The third-order valence-electron chi connectivity index (χ3n) is 3.84. The average molecular weight is 295 g/mol. The number of ether oxygens (including phenoxy) is 2. The molecule has 3 atom stereocenters. The number of hydrogen-bond donors (Lipinski definition) is 1. The molecule has 1 aromatic rings. The lowest BCUT2D eigenvalue weighted by Crippen LogP contribution is -2.32. The molecular formula is C15H21NO3S. The maximum Gasteiger partial charge on any atom is 0.162 e. The van der Waals surface area contributed by atoms with Crippen molar-refractivity contribution in [3.05, 3.63) is 17.7 Å². The van der Waals surface area contributed by atoms with Crippen molar-refractivity contribution in [2.45, 2.75) is 42.9 Å². The van der Waals surface area contributed by atoms with Gasteiger partial charge < -0.3 is 14.8 Å². The molecular weight excluding hydrogens is 274 g/mol. The van der Waals surface area contributed by atoms with Gasteiger partial charge in [0, 0.05) is 22.3 Å². The second-order valence-corrected chi connectivity index (χ2v) is 7.22. The first-order valence-corrected chi connectivity index (χ1v) is 8.49. The first kappa shape index (κ1) is 13.9. The lowest BCUT2D eigenvalue weighted by atomic mass is 10.00. The van der Waals surface area contributed by atoms with Crippen LogP contribution in [-0.4, -0.2) is 29.2 Å². The van der Waals surface area contributed by atoms with Gasteiger partial charge in [-0.15, -0.1) is 0 Å². The normalized spacial score (nSPS) is 28.0. The molecule has 0 radical (unpaired) electrons. The van der Waals surface area contributed by atoms with E-state index in [1.54, 1.807) is 0 Å². The molecule has 0 saturated heterocycles. The molecule has 0 spiro atoms. The van der Waals surface area contributed by atoms with E-state index < -0.39 is 10.8 Å². The van der Waals surface area contributed by atoms with E-state index >= 15 is 0 Å². The molecule has 20 heavy (non-hydrogen) atoms. The fourth-order valence-corrected chi connectivity index (χ4v) is 4.26. The first-order chi connectivity index (χ1) is 9.70. The second kappa shape index (κ2) is 5.74. The standard InChI is InChI=1S/C15H21NO3S/c1-3-4-16-12-7-10(2)20(17)15-9-14-13(8-11(12)15)18-5-6-19-14/h8-10,12,16H,3-7H2,1-2H3. The lowest BCUT2D eigenvalue weighted by molar-refractivity contribution is 0.170. The zero-order valence-corrected chi connectivity index (χ0v) is 12.8. The topological polar surface area (TPSA) is 47.6 Å². The Hall–Kier alpha value is -1.07. The van der Waals surface area contributed by atoms with Crippen LogP contribution in [0.3, 0.4) is 0 Å². The maximum absolute atomic E-state index is 12.5. The minimum atomic E-state index is -0.960. The van der Waals surface area contributed by atoms with E-state index in [0.29, 0.717) is 13.2 Å². The van der Waals surface area contributed by atoms with Crippen LogP contribution in [0.2, 0.25) is 0 Å². The summed E-state index contributed by atoms with van der Waals surface area (Å²) in [4.78, 5) is 0.904. The fourth-order valence-electron chi connectivity index (χ4n) is 2.81. The van der Waals surface area contributed by atoms with Gasteiger partial charge in [-0.05, 0) is 31.0 Å². The molecule has 5 heteroatoms. The van der Waals surface area contributed by atoms with Crippen LogP contribution in [-0.2, 0) is 10.8 Å². The Bertz CT molecular complexity index is 532. The van der Waals surface area contributed by atoms with Crippen LogP contribution in [0.25, 0.3) is 0 Å². The van der Waals surface area contributed by atoms with E-state index in [2.05, 4.69) is 19.2 Å². The van der Waals surface area contributed by atoms with Gasteiger partial charge in [-0.25, -0.2) is 0 Å². The molecule has 0 aromatic heterocycles. The van der Waals surface area contributed by atoms with Crippen molar-refractivity contribution >= 4 is 10.8 Å². The molecule has 0 bridgehead atoms. The van der Waals surface area contributed by atoms with Crippen molar-refractivity contribution in [3.8, 4) is 11.5 Å². The highest BCUT2D eigenvalue weighted by Gasteiger charge is 2.32. The summed E-state index contributed by atoms with van der Waals surface area (Å²) in [5.74, 6) is 1.51. The maximum atomic E-state index is 12.5. The molecule has 0 saturated carbocycles. The third-order valence-corrected chi connectivity index (χ3v) is 5.55. The number of rotatable bonds is 3. The Morgan fingerprint density at radius 1 is 1.30 bits per heavy atom. The Kier molecular flexibility index (Phi) is 3.98. The minimum absolute atomic E-state index is 0.166. The number of fused-ring (bicyclic) bond motifs is 2. The van der Waals surface area contributed by atoms with Crippen LogP contribution in [0.5, 0.6) is 11.5 Å². The molecule has 2 aliphatic rings.